The average molecular weight is 1190 g/mol. The topological polar surface area (TPSA) is 175 Å². The van der Waals surface area contributed by atoms with Crippen LogP contribution in [0.15, 0.2) is 109 Å². The van der Waals surface area contributed by atoms with Crippen molar-refractivity contribution in [1.82, 2.24) is 5.32 Å². The largest absolute Gasteiger partial charge is 0.454 e. The first-order valence-corrected chi connectivity index (χ1v) is 34.7. The van der Waals surface area contributed by atoms with Crippen LogP contribution in [0.4, 0.5) is 0 Å². The molecular weight excluding hydrogens is 1060 g/mol. The van der Waals surface area contributed by atoms with Crippen molar-refractivity contribution in [2.45, 2.75) is 333 Å². The number of aliphatic hydroxyl groups excluding tert-OH is 5. The van der Waals surface area contributed by atoms with Crippen molar-refractivity contribution in [3.63, 3.8) is 0 Å². The van der Waals surface area contributed by atoms with Gasteiger partial charge in [0.05, 0.1) is 25.4 Å². The number of amides is 1. The number of nitrogens with one attached hydrogen (secondary N) is 1. The minimum atomic E-state index is -1.63. The van der Waals surface area contributed by atoms with Gasteiger partial charge in [-0.3, -0.25) is 9.59 Å². The maximum atomic E-state index is 13.5. The van der Waals surface area contributed by atoms with Gasteiger partial charge in [-0.25, -0.2) is 0 Å². The van der Waals surface area contributed by atoms with Crippen molar-refractivity contribution in [3.8, 4) is 0 Å². The van der Waals surface area contributed by atoms with Gasteiger partial charge in [0.25, 0.3) is 0 Å². The molecule has 8 unspecified atom stereocenters. The van der Waals surface area contributed by atoms with E-state index in [9.17, 15) is 35.1 Å². The quantitative estimate of drug-likeness (QED) is 0.0195. The zero-order valence-corrected chi connectivity index (χ0v) is 54.2. The summed E-state index contributed by atoms with van der Waals surface area (Å²) < 4.78 is 17.7. The first-order valence-electron chi connectivity index (χ1n) is 34.7. The van der Waals surface area contributed by atoms with Crippen LogP contribution < -0.4 is 5.32 Å². The maximum Gasteiger partial charge on any atom is 0.306 e. The number of esters is 1. The molecule has 488 valence electrons. The number of hydrogen-bond donors (Lipinski definition) is 6. The Bertz CT molecular complexity index is 1800. The molecule has 0 aromatic carbocycles. The summed E-state index contributed by atoms with van der Waals surface area (Å²) in [5, 5.41) is 57.2. The highest BCUT2D eigenvalue weighted by Gasteiger charge is 2.47. The summed E-state index contributed by atoms with van der Waals surface area (Å²) >= 11 is 0. The summed E-state index contributed by atoms with van der Waals surface area (Å²) in [6.45, 7) is 5.65. The predicted octanol–water partition coefficient (Wildman–Crippen LogP) is 17.6. The van der Waals surface area contributed by atoms with Gasteiger partial charge in [0.15, 0.2) is 12.4 Å². The number of allylic oxidation sites excluding steroid dienone is 17. The molecule has 1 amide bonds. The molecule has 1 rings (SSSR count). The Morgan fingerprint density at radius 1 is 0.471 bits per heavy atom. The van der Waals surface area contributed by atoms with Crippen LogP contribution in [-0.2, 0) is 23.8 Å². The van der Waals surface area contributed by atoms with Crippen molar-refractivity contribution in [1.29, 1.82) is 0 Å². The molecule has 0 spiro atoms. The summed E-state index contributed by atoms with van der Waals surface area (Å²) in [6.07, 6.45) is 72.6. The molecule has 0 bridgehead atoms. The molecule has 0 aliphatic carbocycles. The normalized spacial score (nSPS) is 19.1. The molecule has 1 aliphatic rings. The Labute approximate surface area is 519 Å². The van der Waals surface area contributed by atoms with Crippen LogP contribution in [-0.4, -0.2) is 99.6 Å². The Morgan fingerprint density at radius 3 is 1.29 bits per heavy atom. The third-order valence-electron chi connectivity index (χ3n) is 15.7. The Hall–Kier alpha value is -3.68. The second-order valence-electron chi connectivity index (χ2n) is 23.5. The van der Waals surface area contributed by atoms with Gasteiger partial charge >= 0.3 is 5.97 Å². The molecule has 0 aromatic rings. The predicted molar refractivity (Wildman–Crippen MR) is 356 cm³/mol. The van der Waals surface area contributed by atoms with E-state index in [4.69, 9.17) is 14.2 Å². The van der Waals surface area contributed by atoms with Gasteiger partial charge < -0.3 is 45.1 Å². The first-order chi connectivity index (χ1) is 41.7. The molecule has 1 saturated heterocycles. The Morgan fingerprint density at radius 2 is 0.847 bits per heavy atom. The molecule has 8 atom stereocenters. The van der Waals surface area contributed by atoms with Crippen molar-refractivity contribution in [2.24, 2.45) is 0 Å². The number of carbonyl (C=O) groups excluding carboxylic acids is 2. The average Bonchev–Trinajstić information content (AvgIpc) is 2.90. The molecule has 11 nitrogen and oxygen atoms in total. The van der Waals surface area contributed by atoms with Crippen LogP contribution in [0, 0.1) is 0 Å². The van der Waals surface area contributed by atoms with E-state index in [2.05, 4.69) is 123 Å². The lowest BCUT2D eigenvalue weighted by Crippen LogP contribution is -2.61. The molecular formula is C74H127NO10. The van der Waals surface area contributed by atoms with E-state index < -0.39 is 67.4 Å². The van der Waals surface area contributed by atoms with Crippen LogP contribution in [0.3, 0.4) is 0 Å². The van der Waals surface area contributed by atoms with Crippen LogP contribution in [0.2, 0.25) is 0 Å². The SMILES string of the molecule is CC/C=C\C/C=C\C/C=C\C/C=C\C/C=C\CCCCCCCCCC(=O)OC1C(OCC(NC(=O)C(O)CCCCCCCCCCC/C=C\C/C=C\C/C=C\CCCCC)C(O)/C=C/CCCCCCCCCCC)OC(CO)C(O)C1O. The second kappa shape index (κ2) is 60.6. The highest BCUT2D eigenvalue weighted by molar-refractivity contribution is 5.80. The van der Waals surface area contributed by atoms with E-state index in [1.165, 1.54) is 103 Å². The standard InChI is InChI=1S/C74H127NO10/c1-4-7-10-13-16-19-22-24-26-28-30-32-34-36-38-40-42-44-47-50-53-56-59-62-69(79)85-72-71(81)70(80)68(63-76)84-74(72)83-64-65(66(77)60-57-54-51-48-45-21-18-15-12-9-6-3)75-73(82)67(78)61-58-55-52-49-46-43-41-39-37-35-33-31-29-27-25-23-20-17-14-11-8-5-2/h7,10,16-17,19-20,24-27,30-33,36,38,57,60,65-68,70-72,74,76-78,80-81H,4-6,8-9,11-15,18,21-23,28-29,34-35,37,39-56,58-59,61-64H2,1-3H3,(H,75,82)/b10-7-,19-16-,20-17-,26-24-,27-25-,32-30-,33-31-,38-36-,60-57+. The van der Waals surface area contributed by atoms with E-state index in [0.717, 1.165) is 135 Å². The van der Waals surface area contributed by atoms with Gasteiger partial charge in [0.2, 0.25) is 5.91 Å². The maximum absolute atomic E-state index is 13.5. The van der Waals surface area contributed by atoms with Gasteiger partial charge in [-0.15, -0.1) is 0 Å². The Balaban J connectivity index is 2.59. The Kier molecular flexibility index (Phi) is 56.6. The van der Waals surface area contributed by atoms with E-state index in [1.54, 1.807) is 6.08 Å². The van der Waals surface area contributed by atoms with Gasteiger partial charge in [0.1, 0.15) is 24.4 Å². The van der Waals surface area contributed by atoms with Crippen LogP contribution in [0.5, 0.6) is 0 Å². The lowest BCUT2D eigenvalue weighted by molar-refractivity contribution is -0.305. The van der Waals surface area contributed by atoms with E-state index in [0.29, 0.717) is 12.8 Å². The molecule has 0 radical (unpaired) electrons. The molecule has 0 aromatic heterocycles. The molecule has 0 saturated carbocycles. The highest BCUT2D eigenvalue weighted by atomic mass is 16.7. The minimum absolute atomic E-state index is 0.105. The molecule has 85 heavy (non-hydrogen) atoms. The summed E-state index contributed by atoms with van der Waals surface area (Å²) in [5.74, 6) is -1.21. The van der Waals surface area contributed by atoms with Crippen molar-refractivity contribution in [2.75, 3.05) is 13.2 Å². The molecule has 1 aliphatic heterocycles. The van der Waals surface area contributed by atoms with Crippen molar-refractivity contribution < 1.29 is 49.3 Å². The summed E-state index contributed by atoms with van der Waals surface area (Å²) in [6, 6.07) is -1.04. The van der Waals surface area contributed by atoms with Gasteiger partial charge in [-0.1, -0.05) is 278 Å². The van der Waals surface area contributed by atoms with E-state index in [-0.39, 0.29) is 19.4 Å². The van der Waals surface area contributed by atoms with Gasteiger partial charge in [-0.05, 0) is 109 Å². The number of aliphatic hydroxyl groups is 5. The van der Waals surface area contributed by atoms with Crippen molar-refractivity contribution in [3.05, 3.63) is 109 Å². The van der Waals surface area contributed by atoms with Crippen LogP contribution in [0.25, 0.3) is 0 Å². The van der Waals surface area contributed by atoms with Crippen LogP contribution >= 0.6 is 0 Å². The fourth-order valence-electron chi connectivity index (χ4n) is 10.2. The number of hydrogen-bond acceptors (Lipinski definition) is 10. The van der Waals surface area contributed by atoms with Crippen LogP contribution in [0.1, 0.15) is 284 Å². The smallest absolute Gasteiger partial charge is 0.306 e. The summed E-state index contributed by atoms with van der Waals surface area (Å²) in [7, 11) is 0. The van der Waals surface area contributed by atoms with Crippen molar-refractivity contribution >= 4 is 11.9 Å². The minimum Gasteiger partial charge on any atom is -0.454 e. The lowest BCUT2D eigenvalue weighted by atomic mass is 9.99. The highest BCUT2D eigenvalue weighted by Crippen LogP contribution is 2.26. The number of rotatable bonds is 58. The zero-order chi connectivity index (χ0) is 61.7. The monoisotopic (exact) mass is 1190 g/mol. The van der Waals surface area contributed by atoms with Gasteiger partial charge in [-0.2, -0.15) is 0 Å². The fraction of sp³-hybridized carbons (Fsp3) is 0.730. The lowest BCUT2D eigenvalue weighted by Gasteiger charge is -2.41. The second-order valence-corrected chi connectivity index (χ2v) is 23.5. The zero-order valence-electron chi connectivity index (χ0n) is 54.2. The summed E-state index contributed by atoms with van der Waals surface area (Å²) in [5.41, 5.74) is 0. The first kappa shape index (κ1) is 79.3. The fourth-order valence-corrected chi connectivity index (χ4v) is 10.2. The number of carbonyl (C=O) groups is 2. The molecule has 1 fully saturated rings. The summed E-state index contributed by atoms with van der Waals surface area (Å²) in [4.78, 5) is 26.7. The third kappa shape index (κ3) is 48.0. The molecule has 6 N–H and O–H groups in total. The number of unbranched alkanes of at least 4 members (excludes halogenated alkanes) is 28. The van der Waals surface area contributed by atoms with E-state index in [1.807, 2.05) is 6.08 Å². The third-order valence-corrected chi connectivity index (χ3v) is 15.7. The van der Waals surface area contributed by atoms with Gasteiger partial charge in [0, 0.05) is 6.42 Å². The number of ether oxygens (including phenoxy) is 3. The van der Waals surface area contributed by atoms with E-state index >= 15 is 0 Å². The molecule has 11 heteroatoms. The molecule has 1 heterocycles.